The zero-order valence-electron chi connectivity index (χ0n) is 21.2. The SMILES string of the molecule is COc1ccc(Cl)cc1C(=O)N1CCN(c2ccc(NC(=O)c3ccc(C(C)(C)C)cc3)cc2)CC1. The number of halogens is 1. The summed E-state index contributed by atoms with van der Waals surface area (Å²) in [6, 6.07) is 20.6. The first-order chi connectivity index (χ1) is 17.2. The molecule has 0 unspecified atom stereocenters. The molecule has 1 aliphatic rings. The van der Waals surface area contributed by atoms with Crippen molar-refractivity contribution in [3.05, 3.63) is 88.4 Å². The van der Waals surface area contributed by atoms with E-state index in [2.05, 4.69) is 31.0 Å². The summed E-state index contributed by atoms with van der Waals surface area (Å²) in [4.78, 5) is 29.8. The average molecular weight is 506 g/mol. The van der Waals surface area contributed by atoms with Gasteiger partial charge >= 0.3 is 0 Å². The third-order valence-electron chi connectivity index (χ3n) is 6.46. The van der Waals surface area contributed by atoms with Crippen LogP contribution in [0, 0.1) is 0 Å². The number of hydrogen-bond acceptors (Lipinski definition) is 4. The molecule has 0 spiro atoms. The second-order valence-corrected chi connectivity index (χ2v) is 10.4. The lowest BCUT2D eigenvalue weighted by Crippen LogP contribution is -2.48. The van der Waals surface area contributed by atoms with Crippen molar-refractivity contribution in [2.24, 2.45) is 0 Å². The van der Waals surface area contributed by atoms with Gasteiger partial charge in [0.15, 0.2) is 0 Å². The Kier molecular flexibility index (Phi) is 7.55. The molecule has 1 N–H and O–H groups in total. The molecule has 3 aromatic rings. The molecule has 6 nitrogen and oxygen atoms in total. The van der Waals surface area contributed by atoms with E-state index in [1.807, 2.05) is 53.4 Å². The maximum atomic E-state index is 13.0. The molecule has 1 fully saturated rings. The van der Waals surface area contributed by atoms with Crippen molar-refractivity contribution in [2.45, 2.75) is 26.2 Å². The van der Waals surface area contributed by atoms with Gasteiger partial charge < -0.3 is 19.9 Å². The molecule has 1 aliphatic heterocycles. The average Bonchev–Trinajstić information content (AvgIpc) is 2.88. The Balaban J connectivity index is 1.34. The largest absolute Gasteiger partial charge is 0.496 e. The lowest BCUT2D eigenvalue weighted by molar-refractivity contribution is 0.0743. The summed E-state index contributed by atoms with van der Waals surface area (Å²) in [5, 5.41) is 3.48. The zero-order chi connectivity index (χ0) is 25.9. The number of carbonyl (C=O) groups excluding carboxylic acids is 2. The Morgan fingerprint density at radius 3 is 2.11 bits per heavy atom. The number of hydrogen-bond donors (Lipinski definition) is 1. The van der Waals surface area contributed by atoms with Crippen LogP contribution < -0.4 is 15.0 Å². The number of nitrogens with one attached hydrogen (secondary N) is 1. The molecule has 0 bridgehead atoms. The number of amides is 2. The number of benzene rings is 3. The Hall–Kier alpha value is -3.51. The Bertz CT molecular complexity index is 1230. The van der Waals surface area contributed by atoms with E-state index in [-0.39, 0.29) is 17.2 Å². The molecular weight excluding hydrogens is 474 g/mol. The van der Waals surface area contributed by atoms with Gasteiger partial charge in [-0.05, 0) is 65.6 Å². The highest BCUT2D eigenvalue weighted by atomic mass is 35.5. The van der Waals surface area contributed by atoms with Crippen LogP contribution in [0.4, 0.5) is 11.4 Å². The number of methoxy groups -OCH3 is 1. The molecule has 0 aromatic heterocycles. The summed E-state index contributed by atoms with van der Waals surface area (Å²) >= 11 is 6.10. The van der Waals surface area contributed by atoms with Crippen molar-refractivity contribution in [3.8, 4) is 5.75 Å². The Morgan fingerprint density at radius 2 is 1.53 bits per heavy atom. The highest BCUT2D eigenvalue weighted by Gasteiger charge is 2.25. The molecule has 4 rings (SSSR count). The predicted molar refractivity (Wildman–Crippen MR) is 146 cm³/mol. The van der Waals surface area contributed by atoms with Crippen LogP contribution in [0.3, 0.4) is 0 Å². The maximum absolute atomic E-state index is 13.0. The van der Waals surface area contributed by atoms with Gasteiger partial charge in [-0.3, -0.25) is 9.59 Å². The molecule has 2 amide bonds. The number of carbonyl (C=O) groups is 2. The number of rotatable bonds is 5. The minimum absolute atomic E-state index is 0.0474. The van der Waals surface area contributed by atoms with Crippen molar-refractivity contribution in [1.29, 1.82) is 0 Å². The van der Waals surface area contributed by atoms with E-state index >= 15 is 0 Å². The molecule has 1 saturated heterocycles. The molecule has 3 aromatic carbocycles. The first kappa shape index (κ1) is 25.6. The van der Waals surface area contributed by atoms with Gasteiger partial charge in [-0.15, -0.1) is 0 Å². The summed E-state index contributed by atoms with van der Waals surface area (Å²) in [5.74, 6) is 0.309. The van der Waals surface area contributed by atoms with Crippen molar-refractivity contribution >= 4 is 34.8 Å². The van der Waals surface area contributed by atoms with Crippen molar-refractivity contribution in [3.63, 3.8) is 0 Å². The smallest absolute Gasteiger partial charge is 0.257 e. The van der Waals surface area contributed by atoms with Crippen LogP contribution in [0.25, 0.3) is 0 Å². The number of ether oxygens (including phenoxy) is 1. The summed E-state index contributed by atoms with van der Waals surface area (Å²) < 4.78 is 5.34. The second kappa shape index (κ2) is 10.6. The van der Waals surface area contributed by atoms with E-state index in [9.17, 15) is 9.59 Å². The highest BCUT2D eigenvalue weighted by molar-refractivity contribution is 6.31. The number of anilines is 2. The van der Waals surface area contributed by atoms with E-state index in [1.54, 1.807) is 25.3 Å². The molecule has 188 valence electrons. The molecule has 0 radical (unpaired) electrons. The molecular formula is C29H32ClN3O3. The topological polar surface area (TPSA) is 61.9 Å². The van der Waals surface area contributed by atoms with Gasteiger partial charge in [-0.25, -0.2) is 0 Å². The number of piperazine rings is 1. The van der Waals surface area contributed by atoms with Gasteiger partial charge in [0.25, 0.3) is 11.8 Å². The summed E-state index contributed by atoms with van der Waals surface area (Å²) in [5.41, 5.74) is 4.14. The van der Waals surface area contributed by atoms with Crippen LogP contribution in [0.15, 0.2) is 66.7 Å². The van der Waals surface area contributed by atoms with Gasteiger partial charge in [-0.1, -0.05) is 44.5 Å². The van der Waals surface area contributed by atoms with Gasteiger partial charge in [0.05, 0.1) is 12.7 Å². The van der Waals surface area contributed by atoms with Crippen LogP contribution in [0.1, 0.15) is 47.1 Å². The molecule has 0 saturated carbocycles. The van der Waals surface area contributed by atoms with E-state index in [0.717, 1.165) is 11.4 Å². The minimum Gasteiger partial charge on any atom is -0.496 e. The fourth-order valence-electron chi connectivity index (χ4n) is 4.27. The lowest BCUT2D eigenvalue weighted by atomic mass is 9.87. The number of nitrogens with zero attached hydrogens (tertiary/aromatic N) is 2. The van der Waals surface area contributed by atoms with E-state index < -0.39 is 0 Å². The van der Waals surface area contributed by atoms with Crippen LogP contribution in [0.2, 0.25) is 5.02 Å². The quantitative estimate of drug-likeness (QED) is 0.471. The molecule has 7 heteroatoms. The monoisotopic (exact) mass is 505 g/mol. The summed E-state index contributed by atoms with van der Waals surface area (Å²) in [6.07, 6.45) is 0. The first-order valence-corrected chi connectivity index (χ1v) is 12.4. The van der Waals surface area contributed by atoms with Crippen molar-refractivity contribution in [2.75, 3.05) is 43.5 Å². The van der Waals surface area contributed by atoms with Crippen LogP contribution in [-0.4, -0.2) is 50.0 Å². The van der Waals surface area contributed by atoms with Crippen LogP contribution >= 0.6 is 11.6 Å². The molecule has 36 heavy (non-hydrogen) atoms. The lowest BCUT2D eigenvalue weighted by Gasteiger charge is -2.36. The molecule has 0 atom stereocenters. The summed E-state index contributed by atoms with van der Waals surface area (Å²) in [6.45, 7) is 9.06. The fourth-order valence-corrected chi connectivity index (χ4v) is 4.44. The zero-order valence-corrected chi connectivity index (χ0v) is 21.9. The van der Waals surface area contributed by atoms with Gasteiger partial charge in [-0.2, -0.15) is 0 Å². The van der Waals surface area contributed by atoms with Gasteiger partial charge in [0.1, 0.15) is 5.75 Å². The Morgan fingerprint density at radius 1 is 0.889 bits per heavy atom. The van der Waals surface area contributed by atoms with Crippen molar-refractivity contribution in [1.82, 2.24) is 4.90 Å². The Labute approximate surface area is 217 Å². The highest BCUT2D eigenvalue weighted by Crippen LogP contribution is 2.26. The summed E-state index contributed by atoms with van der Waals surface area (Å²) in [7, 11) is 1.55. The van der Waals surface area contributed by atoms with Crippen LogP contribution in [0.5, 0.6) is 5.75 Å². The molecule has 0 aliphatic carbocycles. The van der Waals surface area contributed by atoms with E-state index in [0.29, 0.717) is 48.1 Å². The van der Waals surface area contributed by atoms with Gasteiger partial charge in [0, 0.05) is 48.1 Å². The van der Waals surface area contributed by atoms with Gasteiger partial charge in [0.2, 0.25) is 0 Å². The molecule has 1 heterocycles. The van der Waals surface area contributed by atoms with Crippen LogP contribution in [-0.2, 0) is 5.41 Å². The standard InChI is InChI=1S/C29H32ClN3O3/c1-29(2,3)21-7-5-20(6-8-21)27(34)31-23-10-12-24(13-11-23)32-15-17-33(18-16-32)28(35)25-19-22(30)9-14-26(25)36-4/h5-14,19H,15-18H2,1-4H3,(H,31,34). The normalized spacial score (nSPS) is 13.9. The van der Waals surface area contributed by atoms with E-state index in [1.165, 1.54) is 5.56 Å². The third-order valence-corrected chi connectivity index (χ3v) is 6.70. The predicted octanol–water partition coefficient (Wildman–Crippen LogP) is 5.86. The first-order valence-electron chi connectivity index (χ1n) is 12.1. The fraction of sp³-hybridized carbons (Fsp3) is 0.310. The van der Waals surface area contributed by atoms with E-state index in [4.69, 9.17) is 16.3 Å². The second-order valence-electron chi connectivity index (χ2n) is 9.95. The third kappa shape index (κ3) is 5.82. The maximum Gasteiger partial charge on any atom is 0.257 e. The minimum atomic E-state index is -0.133. The van der Waals surface area contributed by atoms with Crippen molar-refractivity contribution < 1.29 is 14.3 Å².